The van der Waals surface area contributed by atoms with Crippen LogP contribution >= 0.6 is 11.3 Å². The summed E-state index contributed by atoms with van der Waals surface area (Å²) in [6.45, 7) is 1.99. The molecule has 0 spiro atoms. The molecule has 2 N–H and O–H groups in total. The van der Waals surface area contributed by atoms with Crippen LogP contribution in [0.25, 0.3) is 10.2 Å². The number of unbranched alkanes of at least 4 members (excludes halogenated alkanes) is 1. The topological polar surface area (TPSA) is 54.0 Å². The zero-order valence-electron chi connectivity index (χ0n) is 12.8. The molecule has 22 heavy (non-hydrogen) atoms. The Morgan fingerprint density at radius 3 is 3.09 bits per heavy atom. The molecule has 1 unspecified atom stereocenters. The molecule has 5 heteroatoms. The Kier molecular flexibility index (Phi) is 5.40. The quantitative estimate of drug-likeness (QED) is 0.806. The Hall–Kier alpha value is -1.46. The van der Waals surface area contributed by atoms with Crippen molar-refractivity contribution in [2.45, 2.75) is 44.6 Å². The SMILES string of the molecule is O=C(CCCCc1nc2ccccc2s1)NC1CCCNC1. The Labute approximate surface area is 135 Å². The van der Waals surface area contributed by atoms with E-state index in [1.165, 1.54) is 9.71 Å². The standard InChI is InChI=1S/C17H23N3OS/c21-16(19-13-6-5-11-18-12-13)9-3-4-10-17-20-14-7-1-2-8-15(14)22-17/h1-2,7-8,13,18H,3-6,9-12H2,(H,19,21). The second-order valence-electron chi connectivity index (χ2n) is 5.89. The van der Waals surface area contributed by atoms with Crippen LogP contribution in [0.1, 0.15) is 37.1 Å². The van der Waals surface area contributed by atoms with Gasteiger partial charge in [0, 0.05) is 19.0 Å². The first-order valence-electron chi connectivity index (χ1n) is 8.16. The molecule has 0 saturated carbocycles. The van der Waals surface area contributed by atoms with Crippen LogP contribution in [0.5, 0.6) is 0 Å². The summed E-state index contributed by atoms with van der Waals surface area (Å²) in [5, 5.41) is 7.62. The summed E-state index contributed by atoms with van der Waals surface area (Å²) >= 11 is 1.76. The van der Waals surface area contributed by atoms with Gasteiger partial charge in [-0.2, -0.15) is 0 Å². The van der Waals surface area contributed by atoms with Crippen molar-refractivity contribution in [1.82, 2.24) is 15.6 Å². The molecule has 118 valence electrons. The third-order valence-electron chi connectivity index (χ3n) is 4.04. The number of piperidine rings is 1. The van der Waals surface area contributed by atoms with Crippen LogP contribution in [0.2, 0.25) is 0 Å². The molecular formula is C17H23N3OS. The average molecular weight is 317 g/mol. The van der Waals surface area contributed by atoms with Crippen molar-refractivity contribution in [1.29, 1.82) is 0 Å². The van der Waals surface area contributed by atoms with Crippen molar-refractivity contribution in [3.05, 3.63) is 29.3 Å². The van der Waals surface area contributed by atoms with Gasteiger partial charge in [0.2, 0.25) is 5.91 Å². The molecule has 1 fully saturated rings. The first-order valence-corrected chi connectivity index (χ1v) is 8.97. The molecule has 1 aliphatic rings. The number of para-hydroxylation sites is 1. The van der Waals surface area contributed by atoms with Gasteiger partial charge in [-0.1, -0.05) is 12.1 Å². The molecule has 1 aromatic heterocycles. The molecule has 1 atom stereocenters. The largest absolute Gasteiger partial charge is 0.352 e. The van der Waals surface area contributed by atoms with Gasteiger partial charge in [0.1, 0.15) is 0 Å². The normalized spacial score (nSPS) is 18.5. The lowest BCUT2D eigenvalue weighted by molar-refractivity contribution is -0.122. The number of hydrogen-bond donors (Lipinski definition) is 2. The van der Waals surface area contributed by atoms with Crippen LogP contribution < -0.4 is 10.6 Å². The number of hydrogen-bond acceptors (Lipinski definition) is 4. The molecule has 1 aliphatic heterocycles. The van der Waals surface area contributed by atoms with Crippen LogP contribution in [0.3, 0.4) is 0 Å². The highest BCUT2D eigenvalue weighted by Gasteiger charge is 2.14. The molecule has 0 bridgehead atoms. The molecule has 1 amide bonds. The van der Waals surface area contributed by atoms with Gasteiger partial charge in [0.25, 0.3) is 0 Å². The highest BCUT2D eigenvalue weighted by atomic mass is 32.1. The Morgan fingerprint density at radius 1 is 1.36 bits per heavy atom. The number of nitrogens with zero attached hydrogens (tertiary/aromatic N) is 1. The number of aromatic nitrogens is 1. The van der Waals surface area contributed by atoms with E-state index in [4.69, 9.17) is 0 Å². The van der Waals surface area contributed by atoms with Crippen LogP contribution in [-0.4, -0.2) is 30.0 Å². The number of rotatable bonds is 6. The van der Waals surface area contributed by atoms with E-state index in [0.29, 0.717) is 12.5 Å². The van der Waals surface area contributed by atoms with Gasteiger partial charge in [-0.15, -0.1) is 11.3 Å². The summed E-state index contributed by atoms with van der Waals surface area (Å²) in [6, 6.07) is 8.57. The van der Waals surface area contributed by atoms with Gasteiger partial charge in [-0.05, 0) is 50.8 Å². The second kappa shape index (κ2) is 7.70. The van der Waals surface area contributed by atoms with Gasteiger partial charge in [0.15, 0.2) is 0 Å². The maximum Gasteiger partial charge on any atom is 0.220 e. The average Bonchev–Trinajstić information content (AvgIpc) is 2.95. The second-order valence-corrected chi connectivity index (χ2v) is 7.01. The van der Waals surface area contributed by atoms with E-state index in [2.05, 4.69) is 33.8 Å². The first kappa shape index (κ1) is 15.4. The minimum atomic E-state index is 0.193. The van der Waals surface area contributed by atoms with Gasteiger partial charge >= 0.3 is 0 Å². The number of thiazole rings is 1. The minimum Gasteiger partial charge on any atom is -0.352 e. The summed E-state index contributed by atoms with van der Waals surface area (Å²) in [4.78, 5) is 16.5. The predicted molar refractivity (Wildman–Crippen MR) is 91.2 cm³/mol. The van der Waals surface area contributed by atoms with E-state index >= 15 is 0 Å². The van der Waals surface area contributed by atoms with Crippen molar-refractivity contribution in [3.63, 3.8) is 0 Å². The number of carbonyl (C=O) groups excluding carboxylic acids is 1. The first-order chi connectivity index (χ1) is 10.8. The van der Waals surface area contributed by atoms with E-state index < -0.39 is 0 Å². The number of nitrogens with one attached hydrogen (secondary N) is 2. The third kappa shape index (κ3) is 4.27. The number of carbonyl (C=O) groups is 1. The number of benzene rings is 1. The lowest BCUT2D eigenvalue weighted by Crippen LogP contribution is -2.45. The Balaban J connectivity index is 1.36. The Bertz CT molecular complexity index is 586. The number of amides is 1. The van der Waals surface area contributed by atoms with Crippen molar-refractivity contribution < 1.29 is 4.79 Å². The summed E-state index contributed by atoms with van der Waals surface area (Å²) in [5.41, 5.74) is 1.09. The molecular weight excluding hydrogens is 294 g/mol. The van der Waals surface area contributed by atoms with Gasteiger partial charge in [0.05, 0.1) is 15.2 Å². The highest BCUT2D eigenvalue weighted by Crippen LogP contribution is 2.22. The maximum atomic E-state index is 11.9. The Morgan fingerprint density at radius 2 is 2.27 bits per heavy atom. The van der Waals surface area contributed by atoms with Crippen LogP contribution in [-0.2, 0) is 11.2 Å². The zero-order chi connectivity index (χ0) is 15.2. The van der Waals surface area contributed by atoms with E-state index in [1.807, 2.05) is 6.07 Å². The van der Waals surface area contributed by atoms with Crippen molar-refractivity contribution in [2.75, 3.05) is 13.1 Å². The number of fused-ring (bicyclic) bond motifs is 1. The summed E-state index contributed by atoms with van der Waals surface area (Å²) in [6.07, 6.45) is 5.81. The van der Waals surface area contributed by atoms with Gasteiger partial charge < -0.3 is 10.6 Å². The van der Waals surface area contributed by atoms with Crippen molar-refractivity contribution in [3.8, 4) is 0 Å². The lowest BCUT2D eigenvalue weighted by atomic mass is 10.1. The highest BCUT2D eigenvalue weighted by molar-refractivity contribution is 7.18. The smallest absolute Gasteiger partial charge is 0.220 e. The molecule has 1 aromatic carbocycles. The fraction of sp³-hybridized carbons (Fsp3) is 0.529. The molecule has 2 heterocycles. The minimum absolute atomic E-state index is 0.193. The van der Waals surface area contributed by atoms with E-state index in [-0.39, 0.29) is 5.91 Å². The molecule has 3 rings (SSSR count). The fourth-order valence-electron chi connectivity index (χ4n) is 2.86. The monoisotopic (exact) mass is 317 g/mol. The van der Waals surface area contributed by atoms with E-state index in [0.717, 1.165) is 50.7 Å². The van der Waals surface area contributed by atoms with E-state index in [1.54, 1.807) is 11.3 Å². The maximum absolute atomic E-state index is 11.9. The van der Waals surface area contributed by atoms with Crippen LogP contribution in [0.4, 0.5) is 0 Å². The summed E-state index contributed by atoms with van der Waals surface area (Å²) in [5.74, 6) is 0.193. The molecule has 1 saturated heterocycles. The molecule has 2 aromatic rings. The molecule has 0 radical (unpaired) electrons. The molecule has 4 nitrogen and oxygen atoms in total. The van der Waals surface area contributed by atoms with Crippen LogP contribution in [0.15, 0.2) is 24.3 Å². The van der Waals surface area contributed by atoms with Crippen molar-refractivity contribution in [2.24, 2.45) is 0 Å². The lowest BCUT2D eigenvalue weighted by Gasteiger charge is -2.23. The number of aryl methyl sites for hydroxylation is 1. The summed E-state index contributed by atoms with van der Waals surface area (Å²) < 4.78 is 1.25. The fourth-order valence-corrected chi connectivity index (χ4v) is 3.87. The van der Waals surface area contributed by atoms with E-state index in [9.17, 15) is 4.79 Å². The summed E-state index contributed by atoms with van der Waals surface area (Å²) in [7, 11) is 0. The predicted octanol–water partition coefficient (Wildman–Crippen LogP) is 2.88. The zero-order valence-corrected chi connectivity index (χ0v) is 13.6. The molecule has 0 aliphatic carbocycles. The van der Waals surface area contributed by atoms with Gasteiger partial charge in [-0.3, -0.25) is 4.79 Å². The third-order valence-corrected chi connectivity index (χ3v) is 5.14. The van der Waals surface area contributed by atoms with Crippen molar-refractivity contribution >= 4 is 27.5 Å². The van der Waals surface area contributed by atoms with Crippen LogP contribution in [0, 0.1) is 0 Å². The van der Waals surface area contributed by atoms with Gasteiger partial charge in [-0.25, -0.2) is 4.98 Å².